The molecule has 3 heterocycles. The molecule has 0 spiro atoms. The summed E-state index contributed by atoms with van der Waals surface area (Å²) in [6, 6.07) is 13.6. The average Bonchev–Trinajstić information content (AvgIpc) is 3.33. The number of carbonyl (C=O) groups excluding carboxylic acids is 2. The van der Waals surface area contributed by atoms with Gasteiger partial charge in [-0.3, -0.25) is 14.5 Å². The molecule has 0 N–H and O–H groups in total. The lowest BCUT2D eigenvalue weighted by molar-refractivity contribution is -0.121. The van der Waals surface area contributed by atoms with Crippen molar-refractivity contribution in [3.05, 3.63) is 70.9 Å². The summed E-state index contributed by atoms with van der Waals surface area (Å²) in [4.78, 5) is 35.8. The minimum Gasteiger partial charge on any atom is -0.482 e. The van der Waals surface area contributed by atoms with Crippen LogP contribution in [0.1, 0.15) is 42.7 Å². The molecule has 5 rings (SSSR count). The third-order valence-corrected chi connectivity index (χ3v) is 6.81. The van der Waals surface area contributed by atoms with Crippen LogP contribution in [0.25, 0.3) is 0 Å². The molecule has 2 aliphatic rings. The molecule has 1 fully saturated rings. The summed E-state index contributed by atoms with van der Waals surface area (Å²) in [5.74, 6) is 0.581. The first kappa shape index (κ1) is 24.2. The lowest BCUT2D eigenvalue weighted by Gasteiger charge is -2.35. The minimum absolute atomic E-state index is 0.0503. The fourth-order valence-electron chi connectivity index (χ4n) is 4.46. The number of amides is 2. The lowest BCUT2D eigenvalue weighted by Crippen LogP contribution is -2.48. The molecule has 188 valence electrons. The van der Waals surface area contributed by atoms with E-state index in [1.165, 1.54) is 6.26 Å². The first-order chi connectivity index (χ1) is 17.2. The molecule has 1 aromatic heterocycles. The van der Waals surface area contributed by atoms with E-state index >= 15 is 0 Å². The van der Waals surface area contributed by atoms with Gasteiger partial charge in [-0.15, -0.1) is 0 Å². The predicted molar refractivity (Wildman–Crippen MR) is 138 cm³/mol. The van der Waals surface area contributed by atoms with E-state index in [-0.39, 0.29) is 36.1 Å². The van der Waals surface area contributed by atoms with Crippen molar-refractivity contribution in [1.29, 1.82) is 0 Å². The Bertz CT molecular complexity index is 1290. The smallest absolute Gasteiger partial charge is 0.275 e. The Kier molecular flexibility index (Phi) is 6.38. The fourth-order valence-corrected chi connectivity index (χ4v) is 4.65. The fraction of sp³-hybridized carbons (Fsp3) is 0.370. The molecule has 0 bridgehead atoms. The number of aromatic nitrogens is 1. The van der Waals surface area contributed by atoms with Crippen LogP contribution in [0.2, 0.25) is 5.02 Å². The summed E-state index contributed by atoms with van der Waals surface area (Å²) >= 11 is 6.12. The highest BCUT2D eigenvalue weighted by Gasteiger charge is 2.30. The number of hydrogen-bond donors (Lipinski definition) is 0. The van der Waals surface area contributed by atoms with Crippen LogP contribution >= 0.6 is 11.6 Å². The molecule has 0 radical (unpaired) electrons. The van der Waals surface area contributed by atoms with Crippen LogP contribution in [0.5, 0.6) is 5.75 Å². The van der Waals surface area contributed by atoms with Crippen molar-refractivity contribution in [1.82, 2.24) is 9.88 Å². The van der Waals surface area contributed by atoms with E-state index in [1.54, 1.807) is 9.80 Å². The number of rotatable bonds is 4. The number of halogens is 1. The maximum Gasteiger partial charge on any atom is 0.275 e. The molecular weight excluding hydrogens is 480 g/mol. The average molecular weight is 509 g/mol. The van der Waals surface area contributed by atoms with Gasteiger partial charge in [0.2, 0.25) is 5.89 Å². The number of oxazole rings is 1. The predicted octanol–water partition coefficient (Wildman–Crippen LogP) is 4.51. The summed E-state index contributed by atoms with van der Waals surface area (Å²) in [5.41, 5.74) is 2.97. The molecule has 36 heavy (non-hydrogen) atoms. The molecule has 2 amide bonds. The molecule has 3 aromatic rings. The van der Waals surface area contributed by atoms with Crippen LogP contribution < -0.4 is 14.5 Å². The van der Waals surface area contributed by atoms with Gasteiger partial charge in [-0.25, -0.2) is 4.98 Å². The Morgan fingerprint density at radius 1 is 1.08 bits per heavy atom. The quantitative estimate of drug-likeness (QED) is 0.516. The Balaban J connectivity index is 1.27. The number of hydrogen-bond acceptors (Lipinski definition) is 6. The van der Waals surface area contributed by atoms with Crippen molar-refractivity contribution in [2.75, 3.05) is 42.6 Å². The second-order valence-corrected chi connectivity index (χ2v) is 10.5. The van der Waals surface area contributed by atoms with Gasteiger partial charge in [0.05, 0.1) is 5.69 Å². The van der Waals surface area contributed by atoms with Crippen LogP contribution in [0, 0.1) is 0 Å². The van der Waals surface area contributed by atoms with Gasteiger partial charge in [0, 0.05) is 36.9 Å². The monoisotopic (exact) mass is 508 g/mol. The second kappa shape index (κ2) is 9.50. The van der Waals surface area contributed by atoms with E-state index in [0.717, 1.165) is 11.3 Å². The van der Waals surface area contributed by atoms with E-state index in [9.17, 15) is 9.59 Å². The first-order valence-electron chi connectivity index (χ1n) is 12.0. The summed E-state index contributed by atoms with van der Waals surface area (Å²) in [7, 11) is 0. The molecule has 2 aliphatic heterocycles. The van der Waals surface area contributed by atoms with Gasteiger partial charge < -0.3 is 19.0 Å². The van der Waals surface area contributed by atoms with E-state index < -0.39 is 0 Å². The molecule has 0 unspecified atom stereocenters. The number of nitrogens with zero attached hydrogens (tertiary/aromatic N) is 4. The number of anilines is 2. The first-order valence-corrected chi connectivity index (χ1v) is 12.4. The molecule has 2 aromatic carbocycles. The zero-order valence-corrected chi connectivity index (χ0v) is 21.4. The van der Waals surface area contributed by atoms with Crippen LogP contribution in [0.4, 0.5) is 11.4 Å². The highest BCUT2D eigenvalue weighted by molar-refractivity contribution is 6.30. The molecule has 0 aliphatic carbocycles. The Labute approximate surface area is 215 Å². The third kappa shape index (κ3) is 4.91. The number of carbonyl (C=O) groups is 2. The van der Waals surface area contributed by atoms with Gasteiger partial charge in [0.25, 0.3) is 11.8 Å². The SMILES string of the molecule is CC(C)(C)c1ccc2c(c1)N(Cc1nc(C(=O)N3CCN(c4cccc(Cl)c4)CC3)co1)C(=O)CO2. The largest absolute Gasteiger partial charge is 0.482 e. The zero-order chi connectivity index (χ0) is 25.4. The van der Waals surface area contributed by atoms with Crippen LogP contribution in [-0.4, -0.2) is 54.5 Å². The third-order valence-electron chi connectivity index (χ3n) is 6.57. The number of piperazine rings is 1. The van der Waals surface area contributed by atoms with Crippen molar-refractivity contribution in [3.63, 3.8) is 0 Å². The van der Waals surface area contributed by atoms with Crippen molar-refractivity contribution < 1.29 is 18.7 Å². The zero-order valence-electron chi connectivity index (χ0n) is 20.7. The maximum atomic E-state index is 13.1. The van der Waals surface area contributed by atoms with E-state index in [2.05, 4.69) is 30.7 Å². The standard InChI is InChI=1S/C27H29ClN4O4/c1-27(2,3)18-7-8-23-22(13-18)32(25(33)17-35-23)15-24-29-21(16-36-24)26(34)31-11-9-30(10-12-31)20-6-4-5-19(28)14-20/h4-8,13-14,16H,9-12,15,17H2,1-3H3. The molecule has 9 heteroatoms. The van der Waals surface area contributed by atoms with E-state index in [4.69, 9.17) is 20.8 Å². The van der Waals surface area contributed by atoms with Gasteiger partial charge in [0.1, 0.15) is 18.6 Å². The van der Waals surface area contributed by atoms with Crippen LogP contribution in [0.3, 0.4) is 0 Å². The second-order valence-electron chi connectivity index (χ2n) is 10.1. The topological polar surface area (TPSA) is 79.1 Å². The number of fused-ring (bicyclic) bond motifs is 1. The van der Waals surface area contributed by atoms with Crippen LogP contribution in [0.15, 0.2) is 53.1 Å². The van der Waals surface area contributed by atoms with Crippen LogP contribution in [-0.2, 0) is 16.8 Å². The van der Waals surface area contributed by atoms with Crippen molar-refractivity contribution in [2.24, 2.45) is 0 Å². The summed E-state index contributed by atoms with van der Waals surface area (Å²) in [6.45, 7) is 8.96. The van der Waals surface area contributed by atoms with Gasteiger partial charge in [-0.05, 0) is 41.3 Å². The van der Waals surface area contributed by atoms with Crippen molar-refractivity contribution in [2.45, 2.75) is 32.7 Å². The highest BCUT2D eigenvalue weighted by Crippen LogP contribution is 2.37. The molecular formula is C27H29ClN4O4. The molecule has 0 saturated carbocycles. The molecule has 1 saturated heterocycles. The van der Waals surface area contributed by atoms with E-state index in [1.807, 2.05) is 42.5 Å². The Morgan fingerprint density at radius 2 is 1.86 bits per heavy atom. The summed E-state index contributed by atoms with van der Waals surface area (Å²) < 4.78 is 11.3. The summed E-state index contributed by atoms with van der Waals surface area (Å²) in [6.07, 6.45) is 1.37. The van der Waals surface area contributed by atoms with E-state index in [0.29, 0.717) is 48.5 Å². The van der Waals surface area contributed by atoms with Gasteiger partial charge in [-0.1, -0.05) is 44.5 Å². The lowest BCUT2D eigenvalue weighted by atomic mass is 9.86. The maximum absolute atomic E-state index is 13.1. The Hall–Kier alpha value is -3.52. The molecule has 0 atom stereocenters. The number of benzene rings is 2. The minimum atomic E-state index is -0.184. The highest BCUT2D eigenvalue weighted by atomic mass is 35.5. The van der Waals surface area contributed by atoms with Crippen molar-refractivity contribution in [3.8, 4) is 5.75 Å². The normalized spacial score (nSPS) is 16.1. The molecule has 8 nitrogen and oxygen atoms in total. The van der Waals surface area contributed by atoms with Gasteiger partial charge in [-0.2, -0.15) is 0 Å². The summed E-state index contributed by atoms with van der Waals surface area (Å²) in [5, 5.41) is 0.692. The number of ether oxygens (including phenoxy) is 1. The van der Waals surface area contributed by atoms with Crippen molar-refractivity contribution >= 4 is 34.8 Å². The van der Waals surface area contributed by atoms with Gasteiger partial charge >= 0.3 is 0 Å². The van der Waals surface area contributed by atoms with Gasteiger partial charge in [0.15, 0.2) is 12.3 Å². The Morgan fingerprint density at radius 3 is 2.58 bits per heavy atom.